The molecule has 0 aliphatic carbocycles. The minimum Gasteiger partial charge on any atom is -0.497 e. The van der Waals surface area contributed by atoms with Crippen LogP contribution in [0.25, 0.3) is 10.8 Å². The van der Waals surface area contributed by atoms with Crippen molar-refractivity contribution < 1.29 is 28.8 Å². The molecule has 0 radical (unpaired) electrons. The van der Waals surface area contributed by atoms with Crippen LogP contribution in [0.15, 0.2) is 42.7 Å². The highest BCUT2D eigenvalue weighted by Crippen LogP contribution is 2.39. The lowest BCUT2D eigenvalue weighted by atomic mass is 9.89. The third kappa shape index (κ3) is 4.25. The maximum absolute atomic E-state index is 12.4. The number of hydrogen-bond acceptors (Lipinski definition) is 6. The fourth-order valence-corrected chi connectivity index (χ4v) is 3.39. The molecule has 1 heterocycles. The molecule has 0 spiro atoms. The number of aromatic nitrogens is 1. The third-order valence-corrected chi connectivity index (χ3v) is 4.70. The number of ether oxygens (including phenoxy) is 4. The van der Waals surface area contributed by atoms with Gasteiger partial charge in [-0.25, -0.2) is 0 Å². The molecule has 7 nitrogen and oxygen atoms in total. The van der Waals surface area contributed by atoms with Crippen molar-refractivity contribution in [3.63, 3.8) is 0 Å². The number of nitrogens with zero attached hydrogens (tertiary/aromatic N) is 1. The smallest absolute Gasteiger partial charge is 0.315 e. The Morgan fingerprint density at radius 1 is 0.900 bits per heavy atom. The standard InChI is InChI=1S/C23H25NO6/c1-13(2)30-21-10-18-15(8-20(21)29-5)11-24-12-19(18)22(23(25)26)14-6-16(27-3)9-17(7-14)28-4/h6-13,22H,1-5H3,(H,25,26). The molecule has 1 unspecified atom stereocenters. The van der Waals surface area contributed by atoms with E-state index in [0.717, 1.165) is 10.8 Å². The van der Waals surface area contributed by atoms with Crippen LogP contribution in [-0.2, 0) is 4.79 Å². The van der Waals surface area contributed by atoms with E-state index in [4.69, 9.17) is 18.9 Å². The minimum absolute atomic E-state index is 0.0699. The van der Waals surface area contributed by atoms with Gasteiger partial charge in [0.05, 0.1) is 27.4 Å². The molecule has 3 aromatic rings. The predicted octanol–water partition coefficient (Wildman–Crippen LogP) is 4.26. The average molecular weight is 411 g/mol. The molecule has 0 amide bonds. The van der Waals surface area contributed by atoms with E-state index in [2.05, 4.69) is 4.98 Å². The Kier molecular flexibility index (Phi) is 6.30. The Morgan fingerprint density at radius 2 is 1.57 bits per heavy atom. The van der Waals surface area contributed by atoms with Gasteiger partial charge in [-0.2, -0.15) is 0 Å². The molecule has 0 bridgehead atoms. The Labute approximate surface area is 175 Å². The molecule has 7 heteroatoms. The minimum atomic E-state index is -1.01. The van der Waals surface area contributed by atoms with E-state index in [1.165, 1.54) is 14.2 Å². The Hall–Kier alpha value is -3.48. The number of hydrogen-bond donors (Lipinski definition) is 1. The molecule has 3 rings (SSSR count). The SMILES string of the molecule is COc1cc(OC)cc(C(C(=O)O)c2cncc3cc(OC)c(OC(C)C)cc23)c1. The summed E-state index contributed by atoms with van der Waals surface area (Å²) in [6.45, 7) is 3.83. The molecule has 1 atom stereocenters. The Bertz CT molecular complexity index is 1040. The quantitative estimate of drug-likeness (QED) is 0.592. The zero-order chi connectivity index (χ0) is 21.8. The van der Waals surface area contributed by atoms with Crippen molar-refractivity contribution in [3.8, 4) is 23.0 Å². The van der Waals surface area contributed by atoms with Gasteiger partial charge in [-0.05, 0) is 54.6 Å². The van der Waals surface area contributed by atoms with Crippen molar-refractivity contribution in [1.82, 2.24) is 4.98 Å². The molecule has 1 N–H and O–H groups in total. The van der Waals surface area contributed by atoms with E-state index < -0.39 is 11.9 Å². The maximum Gasteiger partial charge on any atom is 0.315 e. The first-order chi connectivity index (χ1) is 14.4. The van der Waals surface area contributed by atoms with Crippen molar-refractivity contribution in [1.29, 1.82) is 0 Å². The molecule has 2 aromatic carbocycles. The number of benzene rings is 2. The molecule has 0 saturated carbocycles. The summed E-state index contributed by atoms with van der Waals surface area (Å²) in [4.78, 5) is 16.6. The van der Waals surface area contributed by atoms with Crippen molar-refractivity contribution in [2.24, 2.45) is 0 Å². The lowest BCUT2D eigenvalue weighted by Gasteiger charge is -2.19. The fraction of sp³-hybridized carbons (Fsp3) is 0.304. The van der Waals surface area contributed by atoms with Crippen LogP contribution < -0.4 is 18.9 Å². The average Bonchev–Trinajstić information content (AvgIpc) is 2.72. The van der Waals surface area contributed by atoms with Gasteiger partial charge in [0.1, 0.15) is 17.4 Å². The highest BCUT2D eigenvalue weighted by atomic mass is 16.5. The third-order valence-electron chi connectivity index (χ3n) is 4.70. The molecule has 30 heavy (non-hydrogen) atoms. The molecule has 0 aliphatic heterocycles. The molecular formula is C23H25NO6. The van der Waals surface area contributed by atoms with Crippen LogP contribution in [0.1, 0.15) is 30.9 Å². The van der Waals surface area contributed by atoms with E-state index in [-0.39, 0.29) is 6.10 Å². The first-order valence-corrected chi connectivity index (χ1v) is 9.46. The largest absolute Gasteiger partial charge is 0.497 e. The van der Waals surface area contributed by atoms with Crippen molar-refractivity contribution in [3.05, 3.63) is 53.9 Å². The summed E-state index contributed by atoms with van der Waals surface area (Å²) in [5, 5.41) is 11.6. The Morgan fingerprint density at radius 3 is 2.10 bits per heavy atom. The summed E-state index contributed by atoms with van der Waals surface area (Å²) in [6.07, 6.45) is 3.17. The van der Waals surface area contributed by atoms with Gasteiger partial charge < -0.3 is 24.1 Å². The molecule has 1 aromatic heterocycles. The van der Waals surface area contributed by atoms with E-state index in [0.29, 0.717) is 34.1 Å². The number of methoxy groups -OCH3 is 3. The fourth-order valence-electron chi connectivity index (χ4n) is 3.39. The Balaban J connectivity index is 2.25. The zero-order valence-corrected chi connectivity index (χ0v) is 17.6. The summed E-state index contributed by atoms with van der Waals surface area (Å²) in [7, 11) is 4.61. The van der Waals surface area contributed by atoms with E-state index in [1.54, 1.807) is 49.8 Å². The first kappa shape index (κ1) is 21.2. The second-order valence-corrected chi connectivity index (χ2v) is 7.04. The van der Waals surface area contributed by atoms with E-state index in [9.17, 15) is 9.90 Å². The summed E-state index contributed by atoms with van der Waals surface area (Å²) in [6, 6.07) is 8.68. The van der Waals surface area contributed by atoms with Gasteiger partial charge in [0.25, 0.3) is 0 Å². The van der Waals surface area contributed by atoms with Gasteiger partial charge in [-0.3, -0.25) is 9.78 Å². The topological polar surface area (TPSA) is 87.1 Å². The van der Waals surface area contributed by atoms with Gasteiger partial charge >= 0.3 is 5.97 Å². The first-order valence-electron chi connectivity index (χ1n) is 9.46. The van der Waals surface area contributed by atoms with Gasteiger partial charge in [0, 0.05) is 23.8 Å². The maximum atomic E-state index is 12.4. The van der Waals surface area contributed by atoms with Crippen LogP contribution in [0, 0.1) is 0 Å². The summed E-state index contributed by atoms with van der Waals surface area (Å²) in [5.41, 5.74) is 1.06. The zero-order valence-electron chi connectivity index (χ0n) is 17.6. The number of carbonyl (C=O) groups is 1. The van der Waals surface area contributed by atoms with Crippen LogP contribution in [0.3, 0.4) is 0 Å². The molecular weight excluding hydrogens is 386 g/mol. The van der Waals surface area contributed by atoms with Crippen molar-refractivity contribution >= 4 is 16.7 Å². The van der Waals surface area contributed by atoms with Gasteiger partial charge in [-0.15, -0.1) is 0 Å². The number of carboxylic acid groups (broad SMARTS) is 1. The van der Waals surface area contributed by atoms with E-state index in [1.807, 2.05) is 13.8 Å². The molecule has 0 saturated heterocycles. The number of fused-ring (bicyclic) bond motifs is 1. The van der Waals surface area contributed by atoms with Crippen molar-refractivity contribution in [2.45, 2.75) is 25.9 Å². The van der Waals surface area contributed by atoms with Gasteiger partial charge in [-0.1, -0.05) is 0 Å². The molecule has 0 fully saturated rings. The predicted molar refractivity (Wildman–Crippen MR) is 113 cm³/mol. The number of carboxylic acids is 1. The van der Waals surface area contributed by atoms with Crippen LogP contribution in [0.2, 0.25) is 0 Å². The van der Waals surface area contributed by atoms with Gasteiger partial charge in [0.15, 0.2) is 11.5 Å². The highest BCUT2D eigenvalue weighted by Gasteiger charge is 2.26. The number of pyridine rings is 1. The normalized spacial score (nSPS) is 11.9. The van der Waals surface area contributed by atoms with Crippen LogP contribution in [0.5, 0.6) is 23.0 Å². The second-order valence-electron chi connectivity index (χ2n) is 7.04. The van der Waals surface area contributed by atoms with E-state index >= 15 is 0 Å². The number of aliphatic carboxylic acids is 1. The summed E-state index contributed by atoms with van der Waals surface area (Å²) >= 11 is 0. The highest BCUT2D eigenvalue weighted by molar-refractivity contribution is 5.93. The lowest BCUT2D eigenvalue weighted by Crippen LogP contribution is -2.14. The second kappa shape index (κ2) is 8.90. The molecule has 0 aliphatic rings. The van der Waals surface area contributed by atoms with Crippen LogP contribution >= 0.6 is 0 Å². The monoisotopic (exact) mass is 411 g/mol. The lowest BCUT2D eigenvalue weighted by molar-refractivity contribution is -0.137. The van der Waals surface area contributed by atoms with Crippen LogP contribution in [0.4, 0.5) is 0 Å². The summed E-state index contributed by atoms with van der Waals surface area (Å²) in [5.74, 6) is 0.126. The van der Waals surface area contributed by atoms with Crippen molar-refractivity contribution in [2.75, 3.05) is 21.3 Å². The van der Waals surface area contributed by atoms with Gasteiger partial charge in [0.2, 0.25) is 0 Å². The van der Waals surface area contributed by atoms with Crippen LogP contribution in [-0.4, -0.2) is 43.5 Å². The summed E-state index contributed by atoms with van der Waals surface area (Å²) < 4.78 is 22.0. The number of rotatable bonds is 8. The molecule has 158 valence electrons.